The summed E-state index contributed by atoms with van der Waals surface area (Å²) >= 11 is 1.28. The van der Waals surface area contributed by atoms with E-state index in [1.54, 1.807) is 4.90 Å². The molecule has 0 unspecified atom stereocenters. The summed E-state index contributed by atoms with van der Waals surface area (Å²) in [5, 5.41) is 19.9. The average molecular weight is 434 g/mol. The fourth-order valence-corrected chi connectivity index (χ4v) is 5.76. The van der Waals surface area contributed by atoms with E-state index in [9.17, 15) is 19.8 Å². The van der Waals surface area contributed by atoms with E-state index in [0.717, 1.165) is 11.3 Å². The third kappa shape index (κ3) is 4.80. The lowest BCUT2D eigenvalue weighted by Crippen LogP contribution is -2.48. The number of aromatic carboxylic acids is 1. The monoisotopic (exact) mass is 433 g/mol. The topological polar surface area (TPSA) is 77.8 Å². The van der Waals surface area contributed by atoms with Crippen LogP contribution in [0.1, 0.15) is 87.7 Å². The zero-order valence-corrected chi connectivity index (χ0v) is 19.6. The number of carboxylic acids is 1. The molecule has 166 valence electrons. The van der Waals surface area contributed by atoms with Crippen molar-refractivity contribution in [3.8, 4) is 0 Å². The van der Waals surface area contributed by atoms with Crippen LogP contribution >= 0.6 is 11.3 Å². The molecule has 0 aliphatic heterocycles. The molecule has 1 amide bonds. The molecule has 0 bridgehead atoms. The van der Waals surface area contributed by atoms with Gasteiger partial charge in [-0.2, -0.15) is 0 Å². The largest absolute Gasteiger partial charge is 0.477 e. The van der Waals surface area contributed by atoms with Gasteiger partial charge in [-0.3, -0.25) is 4.79 Å². The predicted molar refractivity (Wildman–Crippen MR) is 121 cm³/mol. The minimum Gasteiger partial charge on any atom is -0.477 e. The summed E-state index contributed by atoms with van der Waals surface area (Å²) in [6, 6.07) is 1.85. The molecule has 2 N–H and O–H groups in total. The quantitative estimate of drug-likeness (QED) is 0.626. The number of amides is 1. The molecule has 1 aromatic heterocycles. The van der Waals surface area contributed by atoms with Gasteiger partial charge in [0.25, 0.3) is 0 Å². The Labute approximate surface area is 183 Å². The summed E-state index contributed by atoms with van der Waals surface area (Å²) in [4.78, 5) is 29.0. The molecule has 1 saturated carbocycles. The van der Waals surface area contributed by atoms with E-state index >= 15 is 0 Å². The van der Waals surface area contributed by atoms with Gasteiger partial charge in [0, 0.05) is 16.8 Å². The van der Waals surface area contributed by atoms with Crippen LogP contribution in [0, 0.1) is 11.8 Å². The van der Waals surface area contributed by atoms with Crippen LogP contribution in [0.2, 0.25) is 0 Å². The van der Waals surface area contributed by atoms with Crippen molar-refractivity contribution in [1.82, 2.24) is 0 Å². The minimum atomic E-state index is -0.980. The number of aliphatic hydroxyl groups excluding tert-OH is 1. The molecule has 5 nitrogen and oxygen atoms in total. The number of carbonyl (C=O) groups is 2. The van der Waals surface area contributed by atoms with Gasteiger partial charge in [-0.05, 0) is 62.8 Å². The van der Waals surface area contributed by atoms with Gasteiger partial charge < -0.3 is 15.1 Å². The van der Waals surface area contributed by atoms with Crippen LogP contribution in [0.4, 0.5) is 5.69 Å². The van der Waals surface area contributed by atoms with Gasteiger partial charge in [0.15, 0.2) is 0 Å². The van der Waals surface area contributed by atoms with E-state index in [1.165, 1.54) is 16.9 Å². The lowest BCUT2D eigenvalue weighted by atomic mass is 9.79. The molecule has 1 heterocycles. The van der Waals surface area contributed by atoms with Crippen LogP contribution in [0.3, 0.4) is 0 Å². The molecule has 0 aromatic carbocycles. The zero-order valence-electron chi connectivity index (χ0n) is 18.8. The highest BCUT2D eigenvalue weighted by molar-refractivity contribution is 7.14. The Morgan fingerprint density at radius 1 is 1.17 bits per heavy atom. The molecule has 2 atom stereocenters. The predicted octanol–water partition coefficient (Wildman–Crippen LogP) is 5.37. The fourth-order valence-electron chi connectivity index (χ4n) is 4.71. The highest BCUT2D eigenvalue weighted by Crippen LogP contribution is 2.42. The van der Waals surface area contributed by atoms with Gasteiger partial charge in [0.1, 0.15) is 4.88 Å². The molecular formula is C24H35NO4S. The summed E-state index contributed by atoms with van der Waals surface area (Å²) in [6.45, 7) is 10.4. The van der Waals surface area contributed by atoms with Crippen LogP contribution in [-0.2, 0) is 10.2 Å². The Morgan fingerprint density at radius 3 is 2.33 bits per heavy atom. The maximum Gasteiger partial charge on any atom is 0.348 e. The number of anilines is 1. The first-order valence-electron chi connectivity index (χ1n) is 11.0. The summed E-state index contributed by atoms with van der Waals surface area (Å²) in [5.41, 5.74) is 1.67. The van der Waals surface area contributed by atoms with Crippen LogP contribution < -0.4 is 4.90 Å². The Balaban J connectivity index is 2.05. The minimum absolute atomic E-state index is 0.0356. The Morgan fingerprint density at radius 2 is 1.80 bits per heavy atom. The van der Waals surface area contributed by atoms with Crippen molar-refractivity contribution in [3.05, 3.63) is 27.5 Å². The smallest absolute Gasteiger partial charge is 0.348 e. The van der Waals surface area contributed by atoms with Gasteiger partial charge in [-0.25, -0.2) is 4.79 Å². The van der Waals surface area contributed by atoms with Crippen LogP contribution in [0.5, 0.6) is 0 Å². The fraction of sp³-hybridized carbons (Fsp3) is 0.667. The van der Waals surface area contributed by atoms with E-state index in [2.05, 4.69) is 40.7 Å². The molecule has 30 heavy (non-hydrogen) atoms. The molecule has 3 rings (SSSR count). The molecule has 0 radical (unpaired) electrons. The van der Waals surface area contributed by atoms with Crippen molar-refractivity contribution in [1.29, 1.82) is 0 Å². The highest BCUT2D eigenvalue weighted by atomic mass is 32.1. The number of thiophene rings is 1. The standard InChI is InChI=1S/C24H35NO4S/c1-14-6-11-18(15(2)12-14)22(27)25(16-7-9-17(26)10-8-16)19-13-20(24(3,4)5)30-21(19)23(28)29/h6,13,15-18,26H,7-12H2,1-5H3,(H,28,29)/t15-,16-,17-,18-/m0/s1. The molecule has 0 spiro atoms. The first-order chi connectivity index (χ1) is 14.0. The number of allylic oxidation sites excluding steroid dienone is 2. The summed E-state index contributed by atoms with van der Waals surface area (Å²) in [6.07, 6.45) is 6.11. The number of carbonyl (C=O) groups excluding carboxylic acids is 1. The number of nitrogens with zero attached hydrogens (tertiary/aromatic N) is 1. The van der Waals surface area contributed by atoms with E-state index in [0.29, 0.717) is 37.8 Å². The average Bonchev–Trinajstić information content (AvgIpc) is 3.09. The van der Waals surface area contributed by atoms with Crippen molar-refractivity contribution in [2.24, 2.45) is 11.8 Å². The molecule has 6 heteroatoms. The molecule has 2 aliphatic rings. The lowest BCUT2D eigenvalue weighted by molar-refractivity contribution is -0.124. The van der Waals surface area contributed by atoms with Crippen LogP contribution in [0.25, 0.3) is 0 Å². The number of hydrogen-bond acceptors (Lipinski definition) is 4. The van der Waals surface area contributed by atoms with E-state index in [-0.39, 0.29) is 40.2 Å². The Bertz CT molecular complexity index is 827. The van der Waals surface area contributed by atoms with Crippen molar-refractivity contribution in [3.63, 3.8) is 0 Å². The lowest BCUT2D eigenvalue weighted by Gasteiger charge is -2.39. The van der Waals surface area contributed by atoms with E-state index in [4.69, 9.17) is 0 Å². The first-order valence-corrected chi connectivity index (χ1v) is 11.8. The maximum atomic E-state index is 13.9. The SMILES string of the molecule is CC1=CC[C@H](C(=O)N(c2cc(C(C)(C)C)sc2C(=O)O)[C@H]2CC[C@H](O)CC2)[C@@H](C)C1. The van der Waals surface area contributed by atoms with E-state index < -0.39 is 5.97 Å². The summed E-state index contributed by atoms with van der Waals surface area (Å²) in [5.74, 6) is -0.853. The number of carboxylic acid groups (broad SMARTS) is 1. The highest BCUT2D eigenvalue weighted by Gasteiger charge is 2.39. The number of aliphatic hydroxyl groups is 1. The van der Waals surface area contributed by atoms with Gasteiger partial charge >= 0.3 is 5.97 Å². The van der Waals surface area contributed by atoms with Crippen molar-refractivity contribution in [2.75, 3.05) is 4.90 Å². The third-order valence-electron chi connectivity index (χ3n) is 6.54. The molecule has 1 aromatic rings. The van der Waals surface area contributed by atoms with Gasteiger partial charge in [-0.15, -0.1) is 11.3 Å². The molecule has 0 saturated heterocycles. The molecular weight excluding hydrogens is 398 g/mol. The van der Waals surface area contributed by atoms with Gasteiger partial charge in [-0.1, -0.05) is 39.3 Å². The normalized spacial score (nSPS) is 27.5. The second-order valence-corrected chi connectivity index (χ2v) is 11.2. The van der Waals surface area contributed by atoms with Gasteiger partial charge in [0.05, 0.1) is 11.8 Å². The zero-order chi connectivity index (χ0) is 22.2. The Hall–Kier alpha value is -1.66. The van der Waals surface area contributed by atoms with Crippen molar-refractivity contribution in [2.45, 2.75) is 90.7 Å². The van der Waals surface area contributed by atoms with E-state index in [1.807, 2.05) is 6.07 Å². The second kappa shape index (κ2) is 8.83. The Kier molecular flexibility index (Phi) is 6.78. The van der Waals surface area contributed by atoms with Gasteiger partial charge in [0.2, 0.25) is 5.91 Å². The summed E-state index contributed by atoms with van der Waals surface area (Å²) in [7, 11) is 0. The third-order valence-corrected chi connectivity index (χ3v) is 8.08. The molecule has 1 fully saturated rings. The molecule has 2 aliphatic carbocycles. The van der Waals surface area contributed by atoms with Crippen molar-refractivity contribution >= 4 is 28.9 Å². The van der Waals surface area contributed by atoms with Crippen LogP contribution in [0.15, 0.2) is 17.7 Å². The van der Waals surface area contributed by atoms with Crippen LogP contribution in [-0.4, -0.2) is 34.2 Å². The second-order valence-electron chi connectivity index (χ2n) is 10.1. The maximum absolute atomic E-state index is 13.9. The summed E-state index contributed by atoms with van der Waals surface area (Å²) < 4.78 is 0. The van der Waals surface area contributed by atoms with Crippen molar-refractivity contribution < 1.29 is 19.8 Å². The number of hydrogen-bond donors (Lipinski definition) is 2. The first kappa shape index (κ1) is 23.0. The number of rotatable bonds is 4.